The van der Waals surface area contributed by atoms with Gasteiger partial charge in [0.2, 0.25) is 0 Å². The zero-order valence-electron chi connectivity index (χ0n) is 7.93. The molecule has 0 aliphatic heterocycles. The average molecular weight is 173 g/mol. The number of alkyl halides is 1. The standard InChI is InChI=1S/C10H20FN/c1-8(11)10(12)7-9-5-3-2-4-6-9/h8-10H,2-7,12H2,1H3. The van der Waals surface area contributed by atoms with Crippen LogP contribution in [0.2, 0.25) is 0 Å². The first-order valence-electron chi connectivity index (χ1n) is 5.10. The van der Waals surface area contributed by atoms with Gasteiger partial charge in [-0.3, -0.25) is 0 Å². The van der Waals surface area contributed by atoms with Crippen molar-refractivity contribution in [3.05, 3.63) is 0 Å². The first-order valence-corrected chi connectivity index (χ1v) is 5.10. The summed E-state index contributed by atoms with van der Waals surface area (Å²) in [5.41, 5.74) is 5.67. The lowest BCUT2D eigenvalue weighted by molar-refractivity contribution is 0.242. The summed E-state index contributed by atoms with van der Waals surface area (Å²) in [6.07, 6.45) is 6.57. The maximum absolute atomic E-state index is 12.7. The second kappa shape index (κ2) is 4.80. The Balaban J connectivity index is 2.20. The monoisotopic (exact) mass is 173 g/mol. The molecular formula is C10H20FN. The molecule has 0 amide bonds. The highest BCUT2D eigenvalue weighted by atomic mass is 19.1. The van der Waals surface area contributed by atoms with Crippen molar-refractivity contribution in [2.45, 2.75) is 57.7 Å². The summed E-state index contributed by atoms with van der Waals surface area (Å²) < 4.78 is 12.7. The van der Waals surface area contributed by atoms with Crippen LogP contribution in [0.4, 0.5) is 4.39 Å². The number of hydrogen-bond donors (Lipinski definition) is 1. The van der Waals surface area contributed by atoms with Crippen LogP contribution in [-0.2, 0) is 0 Å². The summed E-state index contributed by atoms with van der Waals surface area (Å²) in [7, 11) is 0. The van der Waals surface area contributed by atoms with Crippen LogP contribution in [0.3, 0.4) is 0 Å². The van der Waals surface area contributed by atoms with Crippen LogP contribution in [0, 0.1) is 5.92 Å². The maximum atomic E-state index is 12.7. The van der Waals surface area contributed by atoms with Crippen LogP contribution < -0.4 is 5.73 Å². The van der Waals surface area contributed by atoms with E-state index >= 15 is 0 Å². The van der Waals surface area contributed by atoms with Crippen LogP contribution >= 0.6 is 0 Å². The molecule has 1 aliphatic carbocycles. The summed E-state index contributed by atoms with van der Waals surface area (Å²) in [4.78, 5) is 0. The first-order chi connectivity index (χ1) is 5.70. The summed E-state index contributed by atoms with van der Waals surface area (Å²) in [5, 5.41) is 0. The van der Waals surface area contributed by atoms with Gasteiger partial charge >= 0.3 is 0 Å². The van der Waals surface area contributed by atoms with Gasteiger partial charge in [0.05, 0.1) is 0 Å². The fourth-order valence-electron chi connectivity index (χ4n) is 2.00. The van der Waals surface area contributed by atoms with Gasteiger partial charge < -0.3 is 5.73 Å². The van der Waals surface area contributed by atoms with E-state index in [1.165, 1.54) is 32.1 Å². The van der Waals surface area contributed by atoms with Crippen LogP contribution in [0.1, 0.15) is 45.4 Å². The minimum atomic E-state index is -0.841. The van der Waals surface area contributed by atoms with E-state index in [-0.39, 0.29) is 6.04 Å². The summed E-state index contributed by atoms with van der Waals surface area (Å²) >= 11 is 0. The van der Waals surface area contributed by atoms with E-state index in [0.29, 0.717) is 5.92 Å². The van der Waals surface area contributed by atoms with E-state index in [1.54, 1.807) is 6.92 Å². The molecule has 2 unspecified atom stereocenters. The maximum Gasteiger partial charge on any atom is 0.112 e. The normalized spacial score (nSPS) is 25.2. The molecule has 0 aromatic rings. The van der Waals surface area contributed by atoms with Gasteiger partial charge in [0.1, 0.15) is 6.17 Å². The Hall–Kier alpha value is -0.110. The SMILES string of the molecule is CC(F)C(N)CC1CCCCC1. The fraction of sp³-hybridized carbons (Fsp3) is 1.00. The topological polar surface area (TPSA) is 26.0 Å². The lowest BCUT2D eigenvalue weighted by Crippen LogP contribution is -2.32. The van der Waals surface area contributed by atoms with Gasteiger partial charge in [-0.1, -0.05) is 32.1 Å². The van der Waals surface area contributed by atoms with Crippen LogP contribution in [0.25, 0.3) is 0 Å². The highest BCUT2D eigenvalue weighted by Gasteiger charge is 2.19. The average Bonchev–Trinajstić information content (AvgIpc) is 2.06. The van der Waals surface area contributed by atoms with Crippen LogP contribution in [0.5, 0.6) is 0 Å². The van der Waals surface area contributed by atoms with Gasteiger partial charge in [-0.05, 0) is 19.3 Å². The van der Waals surface area contributed by atoms with E-state index in [2.05, 4.69) is 0 Å². The molecule has 1 rings (SSSR count). The van der Waals surface area contributed by atoms with E-state index < -0.39 is 6.17 Å². The third-order valence-electron chi connectivity index (χ3n) is 2.92. The first kappa shape index (κ1) is 9.97. The van der Waals surface area contributed by atoms with Gasteiger partial charge in [-0.15, -0.1) is 0 Å². The van der Waals surface area contributed by atoms with Gasteiger partial charge in [0, 0.05) is 6.04 Å². The molecule has 1 aliphatic rings. The Labute approximate surface area is 74.5 Å². The third-order valence-corrected chi connectivity index (χ3v) is 2.92. The van der Waals surface area contributed by atoms with Crippen LogP contribution in [-0.4, -0.2) is 12.2 Å². The van der Waals surface area contributed by atoms with Gasteiger partial charge in [0.15, 0.2) is 0 Å². The van der Waals surface area contributed by atoms with E-state index in [0.717, 1.165) is 6.42 Å². The van der Waals surface area contributed by atoms with Gasteiger partial charge in [-0.2, -0.15) is 0 Å². The smallest absolute Gasteiger partial charge is 0.112 e. The zero-order valence-corrected chi connectivity index (χ0v) is 7.93. The molecule has 0 bridgehead atoms. The van der Waals surface area contributed by atoms with Crippen molar-refractivity contribution in [2.24, 2.45) is 11.7 Å². The molecule has 2 heteroatoms. The Bertz CT molecular complexity index is 119. The third kappa shape index (κ3) is 3.10. The van der Waals surface area contributed by atoms with Crippen molar-refractivity contribution in [1.29, 1.82) is 0 Å². The molecule has 12 heavy (non-hydrogen) atoms. The molecule has 2 N–H and O–H groups in total. The number of hydrogen-bond acceptors (Lipinski definition) is 1. The van der Waals surface area contributed by atoms with Gasteiger partial charge in [0.25, 0.3) is 0 Å². The molecule has 1 fully saturated rings. The molecule has 0 spiro atoms. The second-order valence-electron chi connectivity index (χ2n) is 4.08. The van der Waals surface area contributed by atoms with Crippen molar-refractivity contribution < 1.29 is 4.39 Å². The Morgan fingerprint density at radius 2 is 1.92 bits per heavy atom. The molecule has 0 heterocycles. The minimum Gasteiger partial charge on any atom is -0.325 e. The summed E-state index contributed by atoms with van der Waals surface area (Å²) in [6, 6.07) is -0.229. The van der Waals surface area contributed by atoms with Crippen LogP contribution in [0.15, 0.2) is 0 Å². The van der Waals surface area contributed by atoms with E-state index in [4.69, 9.17) is 5.73 Å². The van der Waals surface area contributed by atoms with Crippen molar-refractivity contribution in [3.63, 3.8) is 0 Å². The zero-order chi connectivity index (χ0) is 8.97. The Morgan fingerprint density at radius 3 is 2.42 bits per heavy atom. The summed E-state index contributed by atoms with van der Waals surface area (Å²) in [5.74, 6) is 0.701. The minimum absolute atomic E-state index is 0.229. The Kier molecular flexibility index (Phi) is 3.99. The fourth-order valence-corrected chi connectivity index (χ4v) is 2.00. The number of halogens is 1. The molecule has 72 valence electrons. The molecule has 1 nitrogen and oxygen atoms in total. The van der Waals surface area contributed by atoms with E-state index in [1.807, 2.05) is 0 Å². The summed E-state index contributed by atoms with van der Waals surface area (Å²) in [6.45, 7) is 1.56. The number of nitrogens with two attached hydrogens (primary N) is 1. The quantitative estimate of drug-likeness (QED) is 0.697. The highest BCUT2D eigenvalue weighted by molar-refractivity contribution is 4.75. The molecule has 0 radical (unpaired) electrons. The largest absolute Gasteiger partial charge is 0.325 e. The lowest BCUT2D eigenvalue weighted by atomic mass is 9.84. The lowest BCUT2D eigenvalue weighted by Gasteiger charge is -2.24. The second-order valence-corrected chi connectivity index (χ2v) is 4.08. The van der Waals surface area contributed by atoms with Gasteiger partial charge in [-0.25, -0.2) is 4.39 Å². The molecule has 0 aromatic heterocycles. The number of rotatable bonds is 3. The van der Waals surface area contributed by atoms with Crippen molar-refractivity contribution in [3.8, 4) is 0 Å². The molecule has 1 saturated carbocycles. The molecular weight excluding hydrogens is 153 g/mol. The van der Waals surface area contributed by atoms with Crippen molar-refractivity contribution >= 4 is 0 Å². The van der Waals surface area contributed by atoms with Crippen molar-refractivity contribution in [2.75, 3.05) is 0 Å². The molecule has 0 saturated heterocycles. The van der Waals surface area contributed by atoms with E-state index in [9.17, 15) is 4.39 Å². The molecule has 0 aromatic carbocycles. The Morgan fingerprint density at radius 1 is 1.33 bits per heavy atom. The predicted molar refractivity (Wildman–Crippen MR) is 49.7 cm³/mol. The highest BCUT2D eigenvalue weighted by Crippen LogP contribution is 2.27. The predicted octanol–water partition coefficient (Wildman–Crippen LogP) is 2.64. The van der Waals surface area contributed by atoms with Crippen molar-refractivity contribution in [1.82, 2.24) is 0 Å². The molecule has 2 atom stereocenters.